The van der Waals surface area contributed by atoms with Crippen LogP contribution in [0, 0.1) is 0 Å². The molecule has 3 heteroatoms. The van der Waals surface area contributed by atoms with E-state index in [9.17, 15) is 9.90 Å². The van der Waals surface area contributed by atoms with Crippen LogP contribution in [-0.4, -0.2) is 5.11 Å². The number of hydrogen-bond acceptors (Lipinski definition) is 3. The van der Waals surface area contributed by atoms with Crippen LogP contribution in [0.15, 0.2) is 27.4 Å². The van der Waals surface area contributed by atoms with Crippen molar-refractivity contribution in [1.82, 2.24) is 0 Å². The lowest BCUT2D eigenvalue weighted by molar-refractivity contribution is 0.122. The summed E-state index contributed by atoms with van der Waals surface area (Å²) in [5, 5.41) is 10.1. The van der Waals surface area contributed by atoms with E-state index >= 15 is 0 Å². The summed E-state index contributed by atoms with van der Waals surface area (Å²) in [4.78, 5) is 12.2. The van der Waals surface area contributed by atoms with Gasteiger partial charge < -0.3 is 9.52 Å². The third kappa shape index (κ3) is 9.33. The largest absolute Gasteiger partial charge is 0.463 e. The predicted molar refractivity (Wildman–Crippen MR) is 121 cm³/mol. The van der Waals surface area contributed by atoms with Gasteiger partial charge >= 0.3 is 0 Å². The number of aliphatic hydroxyl groups excluding tert-OH is 1. The number of fused-ring (bicyclic) bond motifs is 1. The van der Waals surface area contributed by atoms with Crippen LogP contribution in [0.4, 0.5) is 0 Å². The molecular weight excluding hydrogens is 360 g/mol. The zero-order valence-corrected chi connectivity index (χ0v) is 18.6. The standard InChI is InChI=1S/C26H42O3/c1-2-3-4-5-6-7-8-9-10-11-12-13-14-15-16-18-22-21-25(28)23-19-17-20-24(27)26(23)29-22/h5-6,21,24,27H,2-4,7-20H2,1H3/b6-5-. The third-order valence-corrected chi connectivity index (χ3v) is 6.02. The van der Waals surface area contributed by atoms with E-state index in [4.69, 9.17) is 4.42 Å². The second-order valence-corrected chi connectivity index (χ2v) is 8.66. The fourth-order valence-electron chi connectivity index (χ4n) is 4.19. The van der Waals surface area contributed by atoms with Crippen LogP contribution in [0.25, 0.3) is 0 Å². The molecular formula is C26H42O3. The highest BCUT2D eigenvalue weighted by atomic mass is 16.4. The van der Waals surface area contributed by atoms with Gasteiger partial charge in [-0.15, -0.1) is 0 Å². The molecule has 1 atom stereocenters. The maximum absolute atomic E-state index is 12.2. The highest BCUT2D eigenvalue weighted by Gasteiger charge is 2.23. The maximum atomic E-state index is 12.2. The molecule has 0 spiro atoms. The Morgan fingerprint density at radius 1 is 0.966 bits per heavy atom. The molecule has 0 radical (unpaired) electrons. The lowest BCUT2D eigenvalue weighted by Crippen LogP contribution is -2.19. The number of rotatable bonds is 15. The van der Waals surface area contributed by atoms with Gasteiger partial charge in [-0.2, -0.15) is 0 Å². The number of allylic oxidation sites excluding steroid dienone is 2. The maximum Gasteiger partial charge on any atom is 0.188 e. The Kier molecular flexibility index (Phi) is 12.0. The first kappa shape index (κ1) is 23.9. The van der Waals surface area contributed by atoms with Crippen molar-refractivity contribution in [3.05, 3.63) is 45.5 Å². The van der Waals surface area contributed by atoms with E-state index < -0.39 is 6.10 Å². The Balaban J connectivity index is 1.47. The summed E-state index contributed by atoms with van der Waals surface area (Å²) in [7, 11) is 0. The number of aryl methyl sites for hydroxylation is 1. The topological polar surface area (TPSA) is 50.4 Å². The molecule has 0 bridgehead atoms. The van der Waals surface area contributed by atoms with Crippen LogP contribution in [0.3, 0.4) is 0 Å². The molecule has 1 aromatic heterocycles. The molecule has 29 heavy (non-hydrogen) atoms. The first-order chi connectivity index (χ1) is 14.2. The summed E-state index contributed by atoms with van der Waals surface area (Å²) >= 11 is 0. The number of hydrogen-bond donors (Lipinski definition) is 1. The monoisotopic (exact) mass is 402 g/mol. The van der Waals surface area contributed by atoms with Crippen LogP contribution >= 0.6 is 0 Å². The Bertz CT molecular complexity index is 644. The van der Waals surface area contributed by atoms with E-state index in [1.54, 1.807) is 6.07 Å². The number of unbranched alkanes of at least 4 members (excludes halogenated alkanes) is 11. The summed E-state index contributed by atoms with van der Waals surface area (Å²) in [6.07, 6.45) is 23.9. The molecule has 1 unspecified atom stereocenters. The molecule has 0 aromatic carbocycles. The van der Waals surface area contributed by atoms with Gasteiger partial charge in [-0.3, -0.25) is 4.79 Å². The zero-order valence-electron chi connectivity index (χ0n) is 18.6. The highest BCUT2D eigenvalue weighted by molar-refractivity contribution is 5.24. The predicted octanol–water partition coefficient (Wildman–Crippen LogP) is 7.20. The van der Waals surface area contributed by atoms with Gasteiger partial charge in [0.05, 0.1) is 0 Å². The zero-order chi connectivity index (χ0) is 20.7. The normalized spacial score (nSPS) is 16.4. The first-order valence-corrected chi connectivity index (χ1v) is 12.2. The average molecular weight is 403 g/mol. The summed E-state index contributed by atoms with van der Waals surface area (Å²) < 4.78 is 5.86. The van der Waals surface area contributed by atoms with Gasteiger partial charge in [0.15, 0.2) is 5.43 Å². The third-order valence-electron chi connectivity index (χ3n) is 6.02. The summed E-state index contributed by atoms with van der Waals surface area (Å²) in [5.74, 6) is 1.29. The fraction of sp³-hybridized carbons (Fsp3) is 0.731. The van der Waals surface area contributed by atoms with Gasteiger partial charge in [-0.05, 0) is 44.9 Å². The molecule has 1 aliphatic carbocycles. The van der Waals surface area contributed by atoms with Crippen LogP contribution in [0.2, 0.25) is 0 Å². The first-order valence-electron chi connectivity index (χ1n) is 12.2. The second kappa shape index (κ2) is 14.6. The van der Waals surface area contributed by atoms with Gasteiger partial charge in [0.2, 0.25) is 0 Å². The molecule has 1 aliphatic rings. The van der Waals surface area contributed by atoms with Crippen molar-refractivity contribution in [2.24, 2.45) is 0 Å². The van der Waals surface area contributed by atoms with Crippen LogP contribution in [0.5, 0.6) is 0 Å². The molecule has 164 valence electrons. The highest BCUT2D eigenvalue weighted by Crippen LogP contribution is 2.28. The van der Waals surface area contributed by atoms with Crippen molar-refractivity contribution in [2.45, 2.75) is 122 Å². The van der Waals surface area contributed by atoms with Crippen LogP contribution < -0.4 is 5.43 Å². The molecule has 3 nitrogen and oxygen atoms in total. The van der Waals surface area contributed by atoms with Crippen molar-refractivity contribution in [3.8, 4) is 0 Å². The van der Waals surface area contributed by atoms with Gasteiger partial charge in [0.1, 0.15) is 17.6 Å². The minimum absolute atomic E-state index is 0.0523. The molecule has 1 heterocycles. The van der Waals surface area contributed by atoms with Gasteiger partial charge in [0, 0.05) is 18.1 Å². The summed E-state index contributed by atoms with van der Waals surface area (Å²) in [5.41, 5.74) is 0.747. The molecule has 0 aliphatic heterocycles. The molecule has 0 saturated carbocycles. The van der Waals surface area contributed by atoms with Crippen molar-refractivity contribution in [2.75, 3.05) is 0 Å². The van der Waals surface area contributed by atoms with Crippen molar-refractivity contribution in [1.29, 1.82) is 0 Å². The smallest absolute Gasteiger partial charge is 0.188 e. The summed E-state index contributed by atoms with van der Waals surface area (Å²) in [6, 6.07) is 1.65. The van der Waals surface area contributed by atoms with Crippen LogP contribution in [-0.2, 0) is 12.8 Å². The van der Waals surface area contributed by atoms with Crippen LogP contribution in [0.1, 0.15) is 126 Å². The lowest BCUT2D eigenvalue weighted by Gasteiger charge is -2.19. The molecule has 0 fully saturated rings. The van der Waals surface area contributed by atoms with E-state index in [0.29, 0.717) is 17.7 Å². The van der Waals surface area contributed by atoms with E-state index in [0.717, 1.165) is 31.4 Å². The van der Waals surface area contributed by atoms with Gasteiger partial charge in [0.25, 0.3) is 0 Å². The van der Waals surface area contributed by atoms with E-state index in [1.807, 2.05) is 0 Å². The number of aliphatic hydroxyl groups is 1. The van der Waals surface area contributed by atoms with Crippen molar-refractivity contribution in [3.63, 3.8) is 0 Å². The van der Waals surface area contributed by atoms with Crippen molar-refractivity contribution >= 4 is 0 Å². The second-order valence-electron chi connectivity index (χ2n) is 8.66. The van der Waals surface area contributed by atoms with Gasteiger partial charge in [-0.25, -0.2) is 0 Å². The Labute approximate surface area is 177 Å². The summed E-state index contributed by atoms with van der Waals surface area (Å²) in [6.45, 7) is 2.24. The van der Waals surface area contributed by atoms with Crippen molar-refractivity contribution < 1.29 is 9.52 Å². The van der Waals surface area contributed by atoms with E-state index in [1.165, 1.54) is 77.0 Å². The quantitative estimate of drug-likeness (QED) is 0.249. The molecule has 2 rings (SSSR count). The minimum atomic E-state index is -0.594. The Morgan fingerprint density at radius 3 is 2.28 bits per heavy atom. The molecule has 0 saturated heterocycles. The average Bonchev–Trinajstić information content (AvgIpc) is 2.72. The Hall–Kier alpha value is -1.35. The van der Waals surface area contributed by atoms with E-state index in [2.05, 4.69) is 19.1 Å². The molecule has 1 aromatic rings. The SMILES string of the molecule is CCCC/C=C\CCCCCCCCCCCc1cc(=O)c2c(o1)C(O)CCC2. The van der Waals surface area contributed by atoms with Gasteiger partial charge in [-0.1, -0.05) is 76.9 Å². The molecule has 0 amide bonds. The minimum Gasteiger partial charge on any atom is -0.463 e. The lowest BCUT2D eigenvalue weighted by atomic mass is 9.94. The Morgan fingerprint density at radius 2 is 1.59 bits per heavy atom. The molecule has 1 N–H and O–H groups in total. The van der Waals surface area contributed by atoms with E-state index in [-0.39, 0.29) is 5.43 Å². The fourth-order valence-corrected chi connectivity index (χ4v) is 4.19.